The Labute approximate surface area is 176 Å². The summed E-state index contributed by atoms with van der Waals surface area (Å²) in [6.07, 6.45) is 0. The molecule has 0 bridgehead atoms. The molecule has 2 fully saturated rings. The van der Waals surface area contributed by atoms with E-state index in [4.69, 9.17) is 5.73 Å². The number of nitrogens with two attached hydrogens (primary N) is 1. The molecule has 0 aliphatic carbocycles. The van der Waals surface area contributed by atoms with Gasteiger partial charge in [-0.15, -0.1) is 0 Å². The fourth-order valence-electron chi connectivity index (χ4n) is 3.95. The van der Waals surface area contributed by atoms with Crippen LogP contribution < -0.4 is 15.5 Å². The van der Waals surface area contributed by atoms with Crippen LogP contribution in [0.5, 0.6) is 0 Å². The molecule has 1 aromatic heterocycles. The van der Waals surface area contributed by atoms with Gasteiger partial charge in [-0.2, -0.15) is 9.97 Å². The summed E-state index contributed by atoms with van der Waals surface area (Å²) >= 11 is 0. The molecular formula is C20H28N8O2. The zero-order chi connectivity index (χ0) is 21.1. The van der Waals surface area contributed by atoms with Gasteiger partial charge >= 0.3 is 5.69 Å². The van der Waals surface area contributed by atoms with Crippen LogP contribution in [0, 0.1) is 10.1 Å². The summed E-state index contributed by atoms with van der Waals surface area (Å²) in [7, 11) is 2.04. The molecule has 2 aliphatic rings. The molecule has 0 saturated carbocycles. The maximum absolute atomic E-state index is 11.6. The molecule has 10 heteroatoms. The predicted molar refractivity (Wildman–Crippen MR) is 117 cm³/mol. The topological polar surface area (TPSA) is 108 Å². The lowest BCUT2D eigenvalue weighted by molar-refractivity contribution is -0.383. The summed E-state index contributed by atoms with van der Waals surface area (Å²) in [5.41, 5.74) is 7.13. The van der Waals surface area contributed by atoms with Crippen molar-refractivity contribution in [2.75, 3.05) is 74.9 Å². The lowest BCUT2D eigenvalue weighted by Gasteiger charge is -2.36. The van der Waals surface area contributed by atoms with E-state index in [1.807, 2.05) is 18.0 Å². The highest BCUT2D eigenvalue weighted by Crippen LogP contribution is 2.33. The maximum Gasteiger partial charge on any atom is 0.353 e. The van der Waals surface area contributed by atoms with Crippen LogP contribution in [0.1, 0.15) is 5.56 Å². The summed E-state index contributed by atoms with van der Waals surface area (Å²) < 4.78 is 0. The zero-order valence-electron chi connectivity index (χ0n) is 17.3. The smallest absolute Gasteiger partial charge is 0.353 e. The molecule has 160 valence electrons. The first kappa shape index (κ1) is 20.3. The molecular weight excluding hydrogens is 384 g/mol. The van der Waals surface area contributed by atoms with E-state index < -0.39 is 4.92 Å². The molecule has 2 N–H and O–H groups in total. The second-order valence-electron chi connectivity index (χ2n) is 7.88. The molecule has 3 heterocycles. The number of nitrogen functional groups attached to an aromatic ring is 1. The largest absolute Gasteiger partial charge is 0.378 e. The zero-order valence-corrected chi connectivity index (χ0v) is 17.3. The van der Waals surface area contributed by atoms with Crippen LogP contribution in [0.3, 0.4) is 0 Å². The van der Waals surface area contributed by atoms with Crippen LogP contribution in [0.25, 0.3) is 0 Å². The van der Waals surface area contributed by atoms with Crippen molar-refractivity contribution in [2.24, 2.45) is 0 Å². The van der Waals surface area contributed by atoms with Gasteiger partial charge in [0.1, 0.15) is 0 Å². The molecule has 0 atom stereocenters. The highest BCUT2D eigenvalue weighted by Gasteiger charge is 2.31. The van der Waals surface area contributed by atoms with Crippen molar-refractivity contribution in [1.29, 1.82) is 0 Å². The van der Waals surface area contributed by atoms with Gasteiger partial charge in [0.15, 0.2) is 0 Å². The van der Waals surface area contributed by atoms with Crippen LogP contribution in [0.2, 0.25) is 0 Å². The molecule has 0 amide bonds. The van der Waals surface area contributed by atoms with Crippen molar-refractivity contribution in [2.45, 2.75) is 6.54 Å². The second-order valence-corrected chi connectivity index (χ2v) is 7.88. The Kier molecular flexibility index (Phi) is 5.96. The summed E-state index contributed by atoms with van der Waals surface area (Å²) in [6, 6.07) is 10.4. The Hall–Kier alpha value is -2.98. The van der Waals surface area contributed by atoms with Crippen LogP contribution in [0.15, 0.2) is 30.3 Å². The molecule has 30 heavy (non-hydrogen) atoms. The first-order valence-corrected chi connectivity index (χ1v) is 10.3. The minimum Gasteiger partial charge on any atom is -0.378 e. The fraction of sp³-hybridized carbons (Fsp3) is 0.500. The van der Waals surface area contributed by atoms with Crippen LogP contribution >= 0.6 is 0 Å². The predicted octanol–water partition coefficient (Wildman–Crippen LogP) is 1.04. The van der Waals surface area contributed by atoms with Crippen molar-refractivity contribution < 1.29 is 4.92 Å². The number of aromatic nitrogens is 2. The van der Waals surface area contributed by atoms with E-state index in [9.17, 15) is 10.1 Å². The lowest BCUT2D eigenvalue weighted by atomic mass is 10.2. The normalized spacial score (nSPS) is 18.6. The first-order valence-electron chi connectivity index (χ1n) is 10.3. The maximum atomic E-state index is 11.6. The molecule has 0 radical (unpaired) electrons. The van der Waals surface area contributed by atoms with E-state index >= 15 is 0 Å². The van der Waals surface area contributed by atoms with Gasteiger partial charge in [-0.3, -0.25) is 15.0 Å². The number of hydrogen-bond donors (Lipinski definition) is 1. The van der Waals surface area contributed by atoms with Crippen LogP contribution in [-0.4, -0.2) is 84.1 Å². The van der Waals surface area contributed by atoms with Gasteiger partial charge < -0.3 is 20.4 Å². The van der Waals surface area contributed by atoms with E-state index in [1.165, 1.54) is 5.56 Å². The fourth-order valence-corrected chi connectivity index (χ4v) is 3.95. The van der Waals surface area contributed by atoms with Crippen molar-refractivity contribution in [3.05, 3.63) is 46.0 Å². The number of piperazine rings is 2. The van der Waals surface area contributed by atoms with Gasteiger partial charge in [-0.1, -0.05) is 30.3 Å². The molecule has 10 nitrogen and oxygen atoms in total. The quantitative estimate of drug-likeness (QED) is 0.569. The minimum atomic E-state index is -0.468. The van der Waals surface area contributed by atoms with Gasteiger partial charge in [0.25, 0.3) is 0 Å². The molecule has 0 unspecified atom stereocenters. The average Bonchev–Trinajstić information content (AvgIpc) is 2.75. The Morgan fingerprint density at radius 2 is 1.60 bits per heavy atom. The number of nitrogens with zero attached hydrogens (tertiary/aromatic N) is 7. The van der Waals surface area contributed by atoms with Gasteiger partial charge in [0.05, 0.1) is 4.92 Å². The van der Waals surface area contributed by atoms with Gasteiger partial charge in [-0.05, 0) is 12.6 Å². The number of likely N-dealkylation sites (N-methyl/N-ethyl adjacent to an activating group) is 1. The third kappa shape index (κ3) is 4.44. The summed E-state index contributed by atoms with van der Waals surface area (Å²) in [5.74, 6) is 0.749. The monoisotopic (exact) mass is 412 g/mol. The molecule has 2 aromatic rings. The molecule has 4 rings (SSSR count). The van der Waals surface area contributed by atoms with E-state index in [0.29, 0.717) is 24.9 Å². The first-order chi connectivity index (χ1) is 14.5. The Bertz CT molecular complexity index is 878. The number of nitro groups is 1. The van der Waals surface area contributed by atoms with E-state index in [-0.39, 0.29) is 11.5 Å². The van der Waals surface area contributed by atoms with E-state index in [0.717, 1.165) is 45.8 Å². The number of rotatable bonds is 5. The molecule has 2 aliphatic heterocycles. The van der Waals surface area contributed by atoms with Gasteiger partial charge in [-0.25, -0.2) is 0 Å². The summed E-state index contributed by atoms with van der Waals surface area (Å²) in [5, 5.41) is 11.6. The van der Waals surface area contributed by atoms with Crippen molar-refractivity contribution in [1.82, 2.24) is 19.8 Å². The van der Waals surface area contributed by atoms with Crippen molar-refractivity contribution in [3.8, 4) is 0 Å². The molecule has 1 aromatic carbocycles. The second kappa shape index (κ2) is 8.80. The van der Waals surface area contributed by atoms with Crippen molar-refractivity contribution in [3.63, 3.8) is 0 Å². The number of benzene rings is 1. The Morgan fingerprint density at radius 1 is 0.967 bits per heavy atom. The highest BCUT2D eigenvalue weighted by atomic mass is 16.6. The van der Waals surface area contributed by atoms with Crippen molar-refractivity contribution >= 4 is 23.3 Å². The summed E-state index contributed by atoms with van der Waals surface area (Å²) in [4.78, 5) is 28.7. The Morgan fingerprint density at radius 3 is 2.23 bits per heavy atom. The third-order valence-corrected chi connectivity index (χ3v) is 5.77. The molecule has 0 spiro atoms. The Balaban J connectivity index is 1.50. The lowest BCUT2D eigenvalue weighted by Crippen LogP contribution is -2.47. The van der Waals surface area contributed by atoms with E-state index in [2.05, 4.69) is 48.9 Å². The van der Waals surface area contributed by atoms with Crippen LogP contribution in [0.4, 0.5) is 23.3 Å². The van der Waals surface area contributed by atoms with Gasteiger partial charge in [0, 0.05) is 58.9 Å². The minimum absolute atomic E-state index is 0.0642. The molecule has 2 saturated heterocycles. The standard InChI is InChI=1S/C20H28N8O2/c1-24-7-11-26(12-8-24)19-17(28(29)30)18(21)22-20(23-19)27-13-9-25(10-14-27)15-16-5-3-2-4-6-16/h2-6H,7-15H2,1H3,(H2,21,22,23). The summed E-state index contributed by atoms with van der Waals surface area (Å²) in [6.45, 7) is 7.18. The highest BCUT2D eigenvalue weighted by molar-refractivity contribution is 5.71. The van der Waals surface area contributed by atoms with Crippen LogP contribution in [-0.2, 0) is 6.54 Å². The number of anilines is 3. The number of hydrogen-bond acceptors (Lipinski definition) is 9. The SMILES string of the molecule is CN1CCN(c2nc(N3CCN(Cc4ccccc4)CC3)nc(N)c2[N+](=O)[O-])CC1. The van der Waals surface area contributed by atoms with Gasteiger partial charge in [0.2, 0.25) is 17.6 Å². The third-order valence-electron chi connectivity index (χ3n) is 5.77. The van der Waals surface area contributed by atoms with E-state index in [1.54, 1.807) is 0 Å². The average molecular weight is 412 g/mol.